The molecule has 1 amide bonds. The molecule has 0 aliphatic heterocycles. The van der Waals surface area contributed by atoms with E-state index >= 15 is 0 Å². The second-order valence-corrected chi connectivity index (χ2v) is 4.72. The average Bonchev–Trinajstić information content (AvgIpc) is 2.61. The summed E-state index contributed by atoms with van der Waals surface area (Å²) in [5.74, 6) is -0.672. The van der Waals surface area contributed by atoms with Crippen molar-refractivity contribution in [1.82, 2.24) is 10.3 Å². The molecule has 2 N–H and O–H groups in total. The first-order valence-electron chi connectivity index (χ1n) is 4.11. The number of carbonyl (C=O) groups excluding carboxylic acids is 1. The van der Waals surface area contributed by atoms with Crippen LogP contribution in [0.15, 0.2) is 9.72 Å². The van der Waals surface area contributed by atoms with Gasteiger partial charge in [-0.2, -0.15) is 0 Å². The molecule has 1 rings (SSSR count). The van der Waals surface area contributed by atoms with E-state index < -0.39 is 5.97 Å². The molecule has 0 fully saturated rings. The van der Waals surface area contributed by atoms with Crippen molar-refractivity contribution in [2.75, 3.05) is 12.8 Å². The van der Waals surface area contributed by atoms with Crippen molar-refractivity contribution in [3.63, 3.8) is 0 Å². The molecule has 7 heteroatoms. The number of aromatic nitrogens is 1. The van der Waals surface area contributed by atoms with Crippen LogP contribution in [0.25, 0.3) is 0 Å². The summed E-state index contributed by atoms with van der Waals surface area (Å²) in [6, 6.07) is 0. The Bertz CT molecular complexity index is 365. The van der Waals surface area contributed by atoms with Gasteiger partial charge in [0.05, 0.1) is 17.9 Å². The summed E-state index contributed by atoms with van der Waals surface area (Å²) < 4.78 is 0.717. The molecule has 0 aliphatic carbocycles. The highest BCUT2D eigenvalue weighted by Gasteiger charge is 2.07. The number of amides is 1. The van der Waals surface area contributed by atoms with Crippen LogP contribution in [0.1, 0.15) is 5.69 Å². The van der Waals surface area contributed by atoms with Gasteiger partial charge in [-0.1, -0.05) is 11.8 Å². The van der Waals surface area contributed by atoms with E-state index in [-0.39, 0.29) is 12.3 Å². The number of carboxylic acid groups (broad SMARTS) is 1. The highest BCUT2D eigenvalue weighted by molar-refractivity contribution is 8.01. The largest absolute Gasteiger partial charge is 0.481 e. The minimum atomic E-state index is -0.900. The number of rotatable bonds is 5. The van der Waals surface area contributed by atoms with Crippen LogP contribution >= 0.6 is 23.1 Å². The Kier molecular flexibility index (Phi) is 4.57. The summed E-state index contributed by atoms with van der Waals surface area (Å²) in [5, 5.41) is 12.7. The van der Waals surface area contributed by atoms with Gasteiger partial charge < -0.3 is 10.4 Å². The summed E-state index contributed by atoms with van der Waals surface area (Å²) in [4.78, 5) is 25.4. The first kappa shape index (κ1) is 12.0. The molecule has 1 aromatic rings. The zero-order valence-electron chi connectivity index (χ0n) is 8.02. The standard InChI is InChI=1S/C8H10N2O3S2/c1-9-6(11)4-15-8-10-5(3-14-8)2-7(12)13/h3H,2,4H2,1H3,(H,9,11)(H,12,13). The summed E-state index contributed by atoms with van der Waals surface area (Å²) in [6.45, 7) is 0. The maximum atomic E-state index is 10.9. The molecule has 5 nitrogen and oxygen atoms in total. The Labute approximate surface area is 94.9 Å². The zero-order valence-corrected chi connectivity index (χ0v) is 9.65. The van der Waals surface area contributed by atoms with Crippen LogP contribution < -0.4 is 5.32 Å². The van der Waals surface area contributed by atoms with Crippen LogP contribution in [-0.4, -0.2) is 34.8 Å². The third kappa shape index (κ3) is 4.30. The minimum Gasteiger partial charge on any atom is -0.481 e. The van der Waals surface area contributed by atoms with E-state index in [0.29, 0.717) is 11.4 Å². The number of hydrogen-bond acceptors (Lipinski definition) is 5. The van der Waals surface area contributed by atoms with Gasteiger partial charge in [-0.15, -0.1) is 11.3 Å². The smallest absolute Gasteiger partial charge is 0.309 e. The van der Waals surface area contributed by atoms with Crippen molar-refractivity contribution in [2.24, 2.45) is 0 Å². The van der Waals surface area contributed by atoms with E-state index in [0.717, 1.165) is 4.34 Å². The molecule has 0 bridgehead atoms. The quantitative estimate of drug-likeness (QED) is 0.744. The Morgan fingerprint density at radius 2 is 2.40 bits per heavy atom. The molecule has 0 saturated carbocycles. The van der Waals surface area contributed by atoms with E-state index in [4.69, 9.17) is 5.11 Å². The van der Waals surface area contributed by atoms with Gasteiger partial charge in [0, 0.05) is 12.4 Å². The zero-order chi connectivity index (χ0) is 11.3. The van der Waals surface area contributed by atoms with Gasteiger partial charge in [-0.05, 0) is 0 Å². The van der Waals surface area contributed by atoms with E-state index in [9.17, 15) is 9.59 Å². The normalized spacial score (nSPS) is 9.93. The van der Waals surface area contributed by atoms with E-state index in [1.54, 1.807) is 12.4 Å². The van der Waals surface area contributed by atoms with Crippen molar-refractivity contribution in [3.8, 4) is 0 Å². The van der Waals surface area contributed by atoms with Crippen molar-refractivity contribution in [3.05, 3.63) is 11.1 Å². The predicted molar refractivity (Wildman–Crippen MR) is 58.2 cm³/mol. The lowest BCUT2D eigenvalue weighted by Crippen LogP contribution is -2.19. The summed E-state index contributed by atoms with van der Waals surface area (Å²) in [5.41, 5.74) is 0.534. The van der Waals surface area contributed by atoms with Gasteiger partial charge in [0.1, 0.15) is 0 Å². The lowest BCUT2D eigenvalue weighted by atomic mass is 10.3. The molecule has 0 spiro atoms. The lowest BCUT2D eigenvalue weighted by molar-refractivity contribution is -0.136. The Morgan fingerprint density at radius 1 is 1.67 bits per heavy atom. The number of carboxylic acids is 1. The van der Waals surface area contributed by atoms with E-state index in [2.05, 4.69) is 10.3 Å². The molecule has 0 aromatic carbocycles. The van der Waals surface area contributed by atoms with Gasteiger partial charge in [0.15, 0.2) is 4.34 Å². The first-order chi connectivity index (χ1) is 7.11. The summed E-state index contributed by atoms with van der Waals surface area (Å²) in [6.07, 6.45) is -0.0724. The molecule has 15 heavy (non-hydrogen) atoms. The molecule has 1 heterocycles. The molecule has 0 unspecified atom stereocenters. The number of hydrogen-bond donors (Lipinski definition) is 2. The fourth-order valence-electron chi connectivity index (χ4n) is 0.790. The van der Waals surface area contributed by atoms with Gasteiger partial charge in [-0.25, -0.2) is 4.98 Å². The number of aliphatic carboxylic acids is 1. The molecule has 0 aliphatic rings. The van der Waals surface area contributed by atoms with Crippen molar-refractivity contribution in [1.29, 1.82) is 0 Å². The number of thiazole rings is 1. The predicted octanol–water partition coefficient (Wildman–Crippen LogP) is 0.608. The number of carbonyl (C=O) groups is 2. The SMILES string of the molecule is CNC(=O)CSc1nc(CC(=O)O)cs1. The Morgan fingerprint density at radius 3 is 3.00 bits per heavy atom. The maximum Gasteiger partial charge on any atom is 0.309 e. The summed E-state index contributed by atoms with van der Waals surface area (Å²) in [7, 11) is 1.57. The number of thioether (sulfide) groups is 1. The average molecular weight is 246 g/mol. The first-order valence-corrected chi connectivity index (χ1v) is 5.98. The fraction of sp³-hybridized carbons (Fsp3) is 0.375. The highest BCUT2D eigenvalue weighted by atomic mass is 32.2. The molecular weight excluding hydrogens is 236 g/mol. The molecule has 0 radical (unpaired) electrons. The molecule has 82 valence electrons. The topological polar surface area (TPSA) is 79.3 Å². The monoisotopic (exact) mass is 246 g/mol. The number of nitrogens with zero attached hydrogens (tertiary/aromatic N) is 1. The molecular formula is C8H10N2O3S2. The van der Waals surface area contributed by atoms with Gasteiger partial charge in [0.25, 0.3) is 0 Å². The van der Waals surface area contributed by atoms with Crippen LogP contribution in [-0.2, 0) is 16.0 Å². The Balaban J connectivity index is 2.46. The van der Waals surface area contributed by atoms with Gasteiger partial charge in [0.2, 0.25) is 5.91 Å². The third-order valence-electron chi connectivity index (χ3n) is 1.47. The highest BCUT2D eigenvalue weighted by Crippen LogP contribution is 2.22. The van der Waals surface area contributed by atoms with Crippen LogP contribution in [0.5, 0.6) is 0 Å². The van der Waals surface area contributed by atoms with Crippen LogP contribution in [0.2, 0.25) is 0 Å². The van der Waals surface area contributed by atoms with Crippen LogP contribution in [0, 0.1) is 0 Å². The second kappa shape index (κ2) is 5.72. The lowest BCUT2D eigenvalue weighted by Gasteiger charge is -1.95. The molecule has 0 atom stereocenters. The molecule has 1 aromatic heterocycles. The summed E-state index contributed by atoms with van der Waals surface area (Å²) >= 11 is 2.66. The van der Waals surface area contributed by atoms with Crippen LogP contribution in [0.4, 0.5) is 0 Å². The van der Waals surface area contributed by atoms with Gasteiger partial charge >= 0.3 is 5.97 Å². The van der Waals surface area contributed by atoms with Crippen LogP contribution in [0.3, 0.4) is 0 Å². The van der Waals surface area contributed by atoms with E-state index in [1.165, 1.54) is 23.1 Å². The fourth-order valence-corrected chi connectivity index (χ4v) is 2.51. The molecule has 0 saturated heterocycles. The Hall–Kier alpha value is -1.08. The minimum absolute atomic E-state index is 0.0724. The second-order valence-electron chi connectivity index (χ2n) is 2.64. The van der Waals surface area contributed by atoms with Gasteiger partial charge in [-0.3, -0.25) is 9.59 Å². The maximum absolute atomic E-state index is 10.9. The van der Waals surface area contributed by atoms with Crippen molar-refractivity contribution < 1.29 is 14.7 Å². The number of nitrogens with one attached hydrogen (secondary N) is 1. The third-order valence-corrected chi connectivity index (χ3v) is 3.54. The van der Waals surface area contributed by atoms with Crippen molar-refractivity contribution >= 4 is 35.0 Å². The van der Waals surface area contributed by atoms with Crippen molar-refractivity contribution in [2.45, 2.75) is 10.8 Å². The van der Waals surface area contributed by atoms with E-state index in [1.807, 2.05) is 0 Å².